The van der Waals surface area contributed by atoms with Gasteiger partial charge in [0.05, 0.1) is 11.3 Å². The van der Waals surface area contributed by atoms with Gasteiger partial charge in [-0.15, -0.1) is 0 Å². The molecule has 0 saturated carbocycles. The number of carbonyl (C=O) groups excluding carboxylic acids is 1. The van der Waals surface area contributed by atoms with E-state index < -0.39 is 0 Å². The number of nitrogens with zero attached hydrogens (tertiary/aromatic N) is 1. The molecular formula is C24H22N2O2. The van der Waals surface area contributed by atoms with Crippen molar-refractivity contribution in [3.8, 4) is 0 Å². The number of aromatic nitrogens is 1. The second-order valence-corrected chi connectivity index (χ2v) is 7.81. The fourth-order valence-electron chi connectivity index (χ4n) is 4.53. The van der Waals surface area contributed by atoms with E-state index in [1.54, 1.807) is 0 Å². The van der Waals surface area contributed by atoms with Crippen molar-refractivity contribution in [3.63, 3.8) is 0 Å². The van der Waals surface area contributed by atoms with Gasteiger partial charge >= 0.3 is 0 Å². The summed E-state index contributed by atoms with van der Waals surface area (Å²) in [7, 11) is 0. The predicted octanol–water partition coefficient (Wildman–Crippen LogP) is 5.25. The summed E-state index contributed by atoms with van der Waals surface area (Å²) in [6.07, 6.45) is 1.33. The van der Waals surface area contributed by atoms with Crippen LogP contribution in [0.4, 0.5) is 5.88 Å². The van der Waals surface area contributed by atoms with Crippen LogP contribution in [0.2, 0.25) is 0 Å². The Morgan fingerprint density at radius 1 is 0.964 bits per heavy atom. The highest BCUT2D eigenvalue weighted by Gasteiger charge is 2.40. The van der Waals surface area contributed by atoms with E-state index >= 15 is 0 Å². The molecule has 0 spiro atoms. The first-order valence-electron chi connectivity index (χ1n) is 9.72. The normalized spacial score (nSPS) is 21.1. The minimum Gasteiger partial charge on any atom is -0.338 e. The molecule has 1 N–H and O–H groups in total. The van der Waals surface area contributed by atoms with Crippen molar-refractivity contribution < 1.29 is 9.32 Å². The van der Waals surface area contributed by atoms with Crippen LogP contribution in [0.1, 0.15) is 52.6 Å². The zero-order valence-corrected chi connectivity index (χ0v) is 16.0. The number of nitrogens with one attached hydrogen (secondary N) is 1. The highest BCUT2D eigenvalue weighted by molar-refractivity contribution is 6.01. The Labute approximate surface area is 164 Å². The Balaban J connectivity index is 1.63. The first kappa shape index (κ1) is 17.0. The predicted molar refractivity (Wildman–Crippen MR) is 108 cm³/mol. The lowest BCUT2D eigenvalue weighted by Crippen LogP contribution is -2.29. The van der Waals surface area contributed by atoms with E-state index in [0.717, 1.165) is 34.5 Å². The van der Waals surface area contributed by atoms with Gasteiger partial charge in [-0.3, -0.25) is 4.79 Å². The van der Waals surface area contributed by atoms with E-state index in [4.69, 9.17) is 4.52 Å². The van der Waals surface area contributed by atoms with Gasteiger partial charge in [0.15, 0.2) is 5.78 Å². The van der Waals surface area contributed by atoms with Crippen molar-refractivity contribution >= 4 is 11.7 Å². The molecule has 2 aliphatic rings. The fraction of sp³-hybridized carbons (Fsp3) is 0.250. The number of fused-ring (bicyclic) bond motifs is 1. The van der Waals surface area contributed by atoms with Gasteiger partial charge in [-0.25, -0.2) is 0 Å². The molecule has 5 rings (SSSR count). The van der Waals surface area contributed by atoms with E-state index in [0.29, 0.717) is 12.3 Å². The molecule has 1 aliphatic heterocycles. The van der Waals surface area contributed by atoms with E-state index in [-0.39, 0.29) is 17.6 Å². The smallest absolute Gasteiger partial charge is 0.233 e. The van der Waals surface area contributed by atoms with Crippen LogP contribution in [0.3, 0.4) is 0 Å². The zero-order chi connectivity index (χ0) is 19.3. The van der Waals surface area contributed by atoms with Gasteiger partial charge in [0.25, 0.3) is 0 Å². The maximum absolute atomic E-state index is 13.4. The number of Topliss-reactive ketones (excluding diaryl/α,β-unsaturated/α-hetero) is 1. The van der Waals surface area contributed by atoms with Gasteiger partial charge < -0.3 is 9.84 Å². The third-order valence-corrected chi connectivity index (χ3v) is 5.94. The average molecular weight is 370 g/mol. The lowest BCUT2D eigenvalue weighted by atomic mass is 9.72. The van der Waals surface area contributed by atoms with Gasteiger partial charge in [-0.2, -0.15) is 0 Å². The Kier molecular flexibility index (Phi) is 3.93. The molecule has 0 bridgehead atoms. The maximum atomic E-state index is 13.4. The largest absolute Gasteiger partial charge is 0.338 e. The first-order chi connectivity index (χ1) is 13.6. The SMILES string of the molecule is Cc1ccc([C@H]2C3=C(C[C@@H](c4ccccc4)CC3=O)Nc3onc(C)c32)cc1. The number of aryl methyl sites for hydroxylation is 2. The van der Waals surface area contributed by atoms with E-state index in [1.165, 1.54) is 11.1 Å². The van der Waals surface area contributed by atoms with Crippen molar-refractivity contribution in [2.24, 2.45) is 0 Å². The summed E-state index contributed by atoms with van der Waals surface area (Å²) in [5.74, 6) is 0.939. The molecule has 4 nitrogen and oxygen atoms in total. The molecule has 2 aromatic carbocycles. The monoisotopic (exact) mass is 370 g/mol. The number of carbonyl (C=O) groups is 1. The number of benzene rings is 2. The van der Waals surface area contributed by atoms with Crippen LogP contribution in [-0.4, -0.2) is 10.9 Å². The van der Waals surface area contributed by atoms with Crippen molar-refractivity contribution in [3.05, 3.63) is 93.8 Å². The summed E-state index contributed by atoms with van der Waals surface area (Å²) in [5.41, 5.74) is 7.17. The van der Waals surface area contributed by atoms with Crippen LogP contribution in [0.25, 0.3) is 0 Å². The minimum atomic E-state index is -0.123. The van der Waals surface area contributed by atoms with E-state index in [9.17, 15) is 4.79 Å². The molecule has 0 radical (unpaired) electrons. The summed E-state index contributed by atoms with van der Waals surface area (Å²) < 4.78 is 5.58. The van der Waals surface area contributed by atoms with Gasteiger partial charge in [0.2, 0.25) is 5.88 Å². The van der Waals surface area contributed by atoms with E-state index in [1.807, 2.05) is 25.1 Å². The minimum absolute atomic E-state index is 0.123. The number of hydrogen-bond acceptors (Lipinski definition) is 4. The van der Waals surface area contributed by atoms with Crippen LogP contribution in [0.15, 0.2) is 70.4 Å². The van der Waals surface area contributed by atoms with Crippen LogP contribution < -0.4 is 5.32 Å². The van der Waals surface area contributed by atoms with Crippen LogP contribution >= 0.6 is 0 Å². The van der Waals surface area contributed by atoms with Crippen LogP contribution in [0, 0.1) is 13.8 Å². The molecule has 1 aliphatic carbocycles. The van der Waals surface area contributed by atoms with Crippen molar-refractivity contribution in [1.82, 2.24) is 5.16 Å². The Hall–Kier alpha value is -3.14. The third-order valence-electron chi connectivity index (χ3n) is 5.94. The molecule has 0 saturated heterocycles. The second kappa shape index (κ2) is 6.48. The van der Waals surface area contributed by atoms with Crippen LogP contribution in [0.5, 0.6) is 0 Å². The maximum Gasteiger partial charge on any atom is 0.233 e. The number of ketones is 1. The second-order valence-electron chi connectivity index (χ2n) is 7.81. The Bertz CT molecular complexity index is 1080. The summed E-state index contributed by atoms with van der Waals surface area (Å²) in [4.78, 5) is 13.4. The topological polar surface area (TPSA) is 55.1 Å². The third kappa shape index (κ3) is 2.68. The molecule has 4 heteroatoms. The first-order valence-corrected chi connectivity index (χ1v) is 9.72. The van der Waals surface area contributed by atoms with Gasteiger partial charge in [0.1, 0.15) is 0 Å². The molecule has 28 heavy (non-hydrogen) atoms. The molecule has 0 fully saturated rings. The van der Waals surface area contributed by atoms with E-state index in [2.05, 4.69) is 53.8 Å². The van der Waals surface area contributed by atoms with Crippen molar-refractivity contribution in [2.45, 2.75) is 38.5 Å². The molecule has 0 amide bonds. The van der Waals surface area contributed by atoms with Gasteiger partial charge in [0, 0.05) is 23.6 Å². The fourth-order valence-corrected chi connectivity index (χ4v) is 4.53. The van der Waals surface area contributed by atoms with Gasteiger partial charge in [-0.1, -0.05) is 65.3 Å². The summed E-state index contributed by atoms with van der Waals surface area (Å²) in [5, 5.41) is 7.57. The molecule has 1 aromatic heterocycles. The standard InChI is InChI=1S/C24H22N2O2/c1-14-8-10-17(11-9-14)22-21-15(2)26-28-24(21)25-19-12-18(13-20(27)23(19)22)16-6-4-3-5-7-16/h3-11,18,22,25H,12-13H2,1-2H3/t18-,22-/m1/s1. The molecular weight excluding hydrogens is 348 g/mol. The highest BCUT2D eigenvalue weighted by Crippen LogP contribution is 2.48. The molecule has 0 unspecified atom stereocenters. The summed E-state index contributed by atoms with van der Waals surface area (Å²) in [6.45, 7) is 4.01. The number of hydrogen-bond donors (Lipinski definition) is 1. The van der Waals surface area contributed by atoms with Crippen LogP contribution in [-0.2, 0) is 4.79 Å². The summed E-state index contributed by atoms with van der Waals surface area (Å²) in [6, 6.07) is 18.7. The lowest BCUT2D eigenvalue weighted by Gasteiger charge is -2.34. The van der Waals surface area contributed by atoms with Gasteiger partial charge in [-0.05, 0) is 37.3 Å². The average Bonchev–Trinajstić information content (AvgIpc) is 3.08. The quantitative estimate of drug-likeness (QED) is 0.669. The molecule has 3 aromatic rings. The Morgan fingerprint density at radius 3 is 2.46 bits per heavy atom. The highest BCUT2D eigenvalue weighted by atomic mass is 16.5. The molecule has 2 atom stereocenters. The number of allylic oxidation sites excluding steroid dienone is 2. The van der Waals surface area contributed by atoms with Crippen molar-refractivity contribution in [1.29, 1.82) is 0 Å². The zero-order valence-electron chi connectivity index (χ0n) is 16.0. The molecule has 2 heterocycles. The Morgan fingerprint density at radius 2 is 1.71 bits per heavy atom. The summed E-state index contributed by atoms with van der Waals surface area (Å²) >= 11 is 0. The van der Waals surface area contributed by atoms with Crippen molar-refractivity contribution in [2.75, 3.05) is 5.32 Å². The lowest BCUT2D eigenvalue weighted by molar-refractivity contribution is -0.116. The number of anilines is 1. The number of rotatable bonds is 2. The molecule has 140 valence electrons.